The van der Waals surface area contributed by atoms with Gasteiger partial charge in [-0.3, -0.25) is 9.59 Å². The summed E-state index contributed by atoms with van der Waals surface area (Å²) in [5, 5.41) is 2.75. The highest BCUT2D eigenvalue weighted by Gasteiger charge is 2.31. The van der Waals surface area contributed by atoms with E-state index in [1.165, 1.54) is 6.21 Å². The maximum absolute atomic E-state index is 12.4. The molecule has 0 bridgehead atoms. The number of hydrogen-bond acceptors (Lipinski definition) is 4. The normalized spacial score (nSPS) is 16.3. The van der Waals surface area contributed by atoms with Crippen LogP contribution in [-0.4, -0.2) is 22.9 Å². The highest BCUT2D eigenvalue weighted by atomic mass is 16.2. The summed E-state index contributed by atoms with van der Waals surface area (Å²) in [5.41, 5.74) is 2.87. The number of anilines is 1. The van der Waals surface area contributed by atoms with E-state index in [0.717, 1.165) is 11.3 Å². The summed E-state index contributed by atoms with van der Waals surface area (Å²) in [6.07, 6.45) is 1.36. The minimum Gasteiger partial charge on any atom is -0.325 e. The zero-order valence-electron chi connectivity index (χ0n) is 12.3. The molecule has 5 nitrogen and oxygen atoms in total. The van der Waals surface area contributed by atoms with Gasteiger partial charge in [0, 0.05) is 17.6 Å². The van der Waals surface area contributed by atoms with Crippen LogP contribution in [0.2, 0.25) is 0 Å². The summed E-state index contributed by atoms with van der Waals surface area (Å²) in [7, 11) is 0. The van der Waals surface area contributed by atoms with E-state index >= 15 is 0 Å². The van der Waals surface area contributed by atoms with Gasteiger partial charge in [0.25, 0.3) is 0 Å². The lowest BCUT2D eigenvalue weighted by Crippen LogP contribution is -2.32. The molecule has 1 unspecified atom stereocenters. The number of hydrogen-bond donors (Lipinski definition) is 1. The summed E-state index contributed by atoms with van der Waals surface area (Å²) in [5.74, 6) is -1.20. The Kier molecular flexibility index (Phi) is 3.55. The van der Waals surface area contributed by atoms with Gasteiger partial charge < -0.3 is 5.32 Å². The molecule has 22 heavy (non-hydrogen) atoms. The summed E-state index contributed by atoms with van der Waals surface area (Å²) >= 11 is 0. The first kappa shape index (κ1) is 14.1. The van der Waals surface area contributed by atoms with Crippen LogP contribution in [0.1, 0.15) is 21.6 Å². The second kappa shape index (κ2) is 5.52. The van der Waals surface area contributed by atoms with E-state index in [0.29, 0.717) is 17.1 Å². The molecule has 1 aliphatic rings. The molecule has 1 aliphatic heterocycles. The van der Waals surface area contributed by atoms with Crippen LogP contribution in [0, 0.1) is 19.8 Å². The van der Waals surface area contributed by atoms with Crippen LogP contribution in [-0.2, 0) is 4.79 Å². The maximum atomic E-state index is 12.4. The Morgan fingerprint density at radius 1 is 1.18 bits per heavy atom. The van der Waals surface area contributed by atoms with Crippen LogP contribution in [0.25, 0.3) is 0 Å². The molecule has 5 heteroatoms. The molecule has 2 heterocycles. The number of aromatic nitrogens is 1. The highest BCUT2D eigenvalue weighted by Crippen LogP contribution is 2.25. The van der Waals surface area contributed by atoms with Crippen molar-refractivity contribution in [1.82, 2.24) is 4.98 Å². The van der Waals surface area contributed by atoms with E-state index in [9.17, 15) is 9.59 Å². The van der Waals surface area contributed by atoms with Gasteiger partial charge in [-0.2, -0.15) is 0 Å². The molecule has 0 spiro atoms. The standard InChI is InChI=1S/C17H15N3O2/c1-10-4-3-5-12(8-10)20-17(22)14-9-18-16-13(15(14)21)7-6-11(2)19-16/h3-9,14H,1-2H3,(H,20,22). The smallest absolute Gasteiger partial charge is 0.240 e. The van der Waals surface area contributed by atoms with Gasteiger partial charge in [-0.15, -0.1) is 0 Å². The molecule has 1 amide bonds. The quantitative estimate of drug-likeness (QED) is 0.865. The largest absolute Gasteiger partial charge is 0.325 e. The number of nitrogens with one attached hydrogen (secondary N) is 1. The van der Waals surface area contributed by atoms with Crippen molar-refractivity contribution in [2.75, 3.05) is 5.32 Å². The van der Waals surface area contributed by atoms with Crippen LogP contribution in [0.15, 0.2) is 41.4 Å². The first-order valence-electron chi connectivity index (χ1n) is 6.98. The average molecular weight is 293 g/mol. The highest BCUT2D eigenvalue weighted by molar-refractivity contribution is 6.25. The molecule has 0 fully saturated rings. The average Bonchev–Trinajstić information content (AvgIpc) is 2.47. The Hall–Kier alpha value is -2.82. The summed E-state index contributed by atoms with van der Waals surface area (Å²) in [6.45, 7) is 3.77. The lowest BCUT2D eigenvalue weighted by molar-refractivity contribution is -0.116. The Balaban J connectivity index is 1.83. The number of Topliss-reactive ketones (excluding diaryl/α,β-unsaturated/α-hetero) is 1. The number of fused-ring (bicyclic) bond motifs is 1. The third-order valence-corrected chi connectivity index (χ3v) is 3.48. The zero-order valence-corrected chi connectivity index (χ0v) is 12.3. The molecule has 0 saturated heterocycles. The Labute approximate surface area is 128 Å². The van der Waals surface area contributed by atoms with Crippen molar-refractivity contribution < 1.29 is 9.59 Å². The van der Waals surface area contributed by atoms with Gasteiger partial charge in [-0.1, -0.05) is 12.1 Å². The van der Waals surface area contributed by atoms with E-state index in [-0.39, 0.29) is 11.7 Å². The predicted molar refractivity (Wildman–Crippen MR) is 84.8 cm³/mol. The van der Waals surface area contributed by atoms with Gasteiger partial charge in [-0.25, -0.2) is 9.98 Å². The van der Waals surface area contributed by atoms with Crippen LogP contribution in [0.3, 0.4) is 0 Å². The van der Waals surface area contributed by atoms with Crippen molar-refractivity contribution in [2.24, 2.45) is 10.9 Å². The van der Waals surface area contributed by atoms with Crippen LogP contribution in [0.5, 0.6) is 0 Å². The van der Waals surface area contributed by atoms with Gasteiger partial charge in [0.15, 0.2) is 11.6 Å². The lowest BCUT2D eigenvalue weighted by Gasteiger charge is -2.17. The molecule has 0 aliphatic carbocycles. The monoisotopic (exact) mass is 293 g/mol. The van der Waals surface area contributed by atoms with Crippen LogP contribution in [0.4, 0.5) is 11.5 Å². The van der Waals surface area contributed by atoms with Gasteiger partial charge >= 0.3 is 0 Å². The number of carbonyl (C=O) groups is 2. The third-order valence-electron chi connectivity index (χ3n) is 3.48. The van der Waals surface area contributed by atoms with E-state index in [2.05, 4.69) is 15.3 Å². The zero-order chi connectivity index (χ0) is 15.7. The number of rotatable bonds is 2. The minimum absolute atomic E-state index is 0.275. The van der Waals surface area contributed by atoms with E-state index in [1.807, 2.05) is 32.0 Å². The van der Waals surface area contributed by atoms with Crippen LogP contribution >= 0.6 is 0 Å². The summed E-state index contributed by atoms with van der Waals surface area (Å²) in [6, 6.07) is 10.8. The number of carbonyl (C=O) groups excluding carboxylic acids is 2. The number of ketones is 1. The van der Waals surface area contributed by atoms with Crippen molar-refractivity contribution in [1.29, 1.82) is 0 Å². The Morgan fingerprint density at radius 3 is 2.77 bits per heavy atom. The number of aliphatic imine (C=N–C) groups is 1. The molecule has 1 aromatic heterocycles. The lowest BCUT2D eigenvalue weighted by atomic mass is 9.95. The van der Waals surface area contributed by atoms with Crippen molar-refractivity contribution in [3.05, 3.63) is 53.2 Å². The third kappa shape index (κ3) is 2.65. The fraction of sp³-hybridized carbons (Fsp3) is 0.176. The second-order valence-corrected chi connectivity index (χ2v) is 5.30. The van der Waals surface area contributed by atoms with Crippen LogP contribution < -0.4 is 5.32 Å². The Bertz CT molecular complexity index is 796. The molecular weight excluding hydrogens is 278 g/mol. The molecule has 1 N–H and O–H groups in total. The SMILES string of the molecule is Cc1cccc(NC(=O)C2C=Nc3nc(C)ccc3C2=O)c1. The fourth-order valence-electron chi connectivity index (χ4n) is 2.34. The van der Waals surface area contributed by atoms with Gasteiger partial charge in [0.1, 0.15) is 5.92 Å². The number of amides is 1. The molecule has 3 rings (SSSR count). The van der Waals surface area contributed by atoms with Crippen molar-refractivity contribution in [2.45, 2.75) is 13.8 Å². The number of aryl methyl sites for hydroxylation is 2. The second-order valence-electron chi connectivity index (χ2n) is 5.30. The maximum Gasteiger partial charge on any atom is 0.240 e. The number of benzene rings is 1. The van der Waals surface area contributed by atoms with E-state index < -0.39 is 5.92 Å². The van der Waals surface area contributed by atoms with Crippen molar-refractivity contribution in [3.63, 3.8) is 0 Å². The van der Waals surface area contributed by atoms with Gasteiger partial charge in [-0.05, 0) is 43.7 Å². The molecular formula is C17H15N3O2. The predicted octanol–water partition coefficient (Wildman–Crippen LogP) is 2.85. The van der Waals surface area contributed by atoms with Gasteiger partial charge in [0.05, 0.1) is 5.56 Å². The minimum atomic E-state index is -0.919. The Morgan fingerprint density at radius 2 is 2.00 bits per heavy atom. The molecule has 0 saturated carbocycles. The summed E-state index contributed by atoms with van der Waals surface area (Å²) < 4.78 is 0. The molecule has 110 valence electrons. The molecule has 1 atom stereocenters. The topological polar surface area (TPSA) is 71.4 Å². The first-order chi connectivity index (χ1) is 10.5. The molecule has 2 aromatic rings. The molecule has 0 radical (unpaired) electrons. The first-order valence-corrected chi connectivity index (χ1v) is 6.98. The fourth-order valence-corrected chi connectivity index (χ4v) is 2.34. The van der Waals surface area contributed by atoms with E-state index in [4.69, 9.17) is 0 Å². The molecule has 1 aromatic carbocycles. The van der Waals surface area contributed by atoms with Crippen molar-refractivity contribution >= 4 is 29.4 Å². The van der Waals surface area contributed by atoms with Gasteiger partial charge in [0.2, 0.25) is 5.91 Å². The number of nitrogens with zero attached hydrogens (tertiary/aromatic N) is 2. The number of pyridine rings is 1. The van der Waals surface area contributed by atoms with Crippen molar-refractivity contribution in [3.8, 4) is 0 Å². The summed E-state index contributed by atoms with van der Waals surface area (Å²) in [4.78, 5) is 33.1. The van der Waals surface area contributed by atoms with E-state index in [1.54, 1.807) is 18.2 Å².